The number of amides is 2. The van der Waals surface area contributed by atoms with Crippen LogP contribution >= 0.6 is 11.6 Å². The quantitative estimate of drug-likeness (QED) is 0.684. The molecule has 1 N–H and O–H groups in total. The molecule has 3 rings (SSSR count). The Morgan fingerprint density at radius 1 is 1.18 bits per heavy atom. The molecule has 5 nitrogen and oxygen atoms in total. The summed E-state index contributed by atoms with van der Waals surface area (Å²) < 4.78 is 5.37. The van der Waals surface area contributed by atoms with Crippen LogP contribution in [-0.4, -0.2) is 11.8 Å². The number of hydrazine groups is 1. The molecule has 1 aromatic heterocycles. The van der Waals surface area contributed by atoms with Crippen LogP contribution in [0.3, 0.4) is 0 Å². The van der Waals surface area contributed by atoms with Gasteiger partial charge in [0.1, 0.15) is 17.1 Å². The molecule has 6 heteroatoms. The van der Waals surface area contributed by atoms with Gasteiger partial charge in [-0.15, -0.1) is 0 Å². The van der Waals surface area contributed by atoms with Gasteiger partial charge in [0.2, 0.25) is 0 Å². The predicted octanol–water partition coefficient (Wildman–Crippen LogP) is 3.01. The van der Waals surface area contributed by atoms with Gasteiger partial charge in [-0.25, -0.2) is 5.01 Å². The second-order valence-corrected chi connectivity index (χ2v) is 5.43. The molecule has 1 fully saturated rings. The fourth-order valence-corrected chi connectivity index (χ4v) is 2.31. The molecule has 0 aliphatic carbocycles. The summed E-state index contributed by atoms with van der Waals surface area (Å²) in [5.74, 6) is 0.245. The third kappa shape index (κ3) is 2.51. The lowest BCUT2D eigenvalue weighted by Gasteiger charge is -2.15. The highest BCUT2D eigenvalue weighted by molar-refractivity contribution is 6.33. The van der Waals surface area contributed by atoms with E-state index in [4.69, 9.17) is 16.0 Å². The second-order valence-electron chi connectivity index (χ2n) is 5.02. The smallest absolute Gasteiger partial charge is 0.282 e. The van der Waals surface area contributed by atoms with Crippen molar-refractivity contribution in [3.05, 3.63) is 58.0 Å². The highest BCUT2D eigenvalue weighted by atomic mass is 35.5. The van der Waals surface area contributed by atoms with Gasteiger partial charge in [0.15, 0.2) is 0 Å². The van der Waals surface area contributed by atoms with Gasteiger partial charge in [-0.1, -0.05) is 17.7 Å². The first-order valence-corrected chi connectivity index (χ1v) is 7.03. The van der Waals surface area contributed by atoms with E-state index in [1.165, 1.54) is 11.1 Å². The minimum absolute atomic E-state index is 0.0195. The molecule has 2 heterocycles. The summed E-state index contributed by atoms with van der Waals surface area (Å²) >= 11 is 6.06. The van der Waals surface area contributed by atoms with Crippen molar-refractivity contribution in [1.29, 1.82) is 0 Å². The van der Waals surface area contributed by atoms with E-state index in [2.05, 4.69) is 5.43 Å². The maximum Gasteiger partial charge on any atom is 0.282 e. The van der Waals surface area contributed by atoms with Crippen LogP contribution in [-0.2, 0) is 9.59 Å². The zero-order valence-electron chi connectivity index (χ0n) is 12.0. The first kappa shape index (κ1) is 14.4. The van der Waals surface area contributed by atoms with Gasteiger partial charge in [-0.05, 0) is 49.8 Å². The van der Waals surface area contributed by atoms with Crippen molar-refractivity contribution in [3.8, 4) is 0 Å². The van der Waals surface area contributed by atoms with Crippen LogP contribution in [0.2, 0.25) is 5.02 Å². The second kappa shape index (κ2) is 5.35. The number of hydrogen-bond donors (Lipinski definition) is 1. The molecule has 22 heavy (non-hydrogen) atoms. The minimum Gasteiger partial charge on any atom is -0.462 e. The molecule has 0 unspecified atom stereocenters. The molecule has 0 radical (unpaired) electrons. The monoisotopic (exact) mass is 316 g/mol. The molecule has 0 bridgehead atoms. The molecule has 1 aromatic carbocycles. The van der Waals surface area contributed by atoms with Crippen molar-refractivity contribution < 1.29 is 14.0 Å². The van der Waals surface area contributed by atoms with Crippen LogP contribution in [0.15, 0.2) is 40.3 Å². The Morgan fingerprint density at radius 2 is 1.95 bits per heavy atom. The zero-order valence-corrected chi connectivity index (χ0v) is 12.8. The average Bonchev–Trinajstić information content (AvgIpc) is 3.00. The number of anilines is 1. The molecule has 2 amide bonds. The van der Waals surface area contributed by atoms with Crippen LogP contribution in [0.1, 0.15) is 17.1 Å². The Balaban J connectivity index is 1.94. The maximum absolute atomic E-state index is 12.4. The number of halogens is 1. The Bertz CT molecular complexity index is 807. The van der Waals surface area contributed by atoms with E-state index in [-0.39, 0.29) is 5.57 Å². The fraction of sp³-hybridized carbons (Fsp3) is 0.125. The van der Waals surface area contributed by atoms with Gasteiger partial charge in [0, 0.05) is 5.02 Å². The first-order chi connectivity index (χ1) is 10.5. The lowest BCUT2D eigenvalue weighted by Crippen LogP contribution is -2.35. The Kier molecular flexibility index (Phi) is 3.50. The Morgan fingerprint density at radius 3 is 2.59 bits per heavy atom. The molecule has 2 aromatic rings. The SMILES string of the molecule is Cc1ccc(C=C2C(=O)NN(c3ccc(C)c(Cl)c3)C2=O)o1. The summed E-state index contributed by atoms with van der Waals surface area (Å²) in [7, 11) is 0. The fourth-order valence-electron chi connectivity index (χ4n) is 2.13. The van der Waals surface area contributed by atoms with Crippen LogP contribution in [0.25, 0.3) is 6.08 Å². The average molecular weight is 317 g/mol. The predicted molar refractivity (Wildman–Crippen MR) is 83.2 cm³/mol. The molecule has 112 valence electrons. The number of carbonyl (C=O) groups excluding carboxylic acids is 2. The lowest BCUT2D eigenvalue weighted by molar-refractivity contribution is -0.117. The summed E-state index contributed by atoms with van der Waals surface area (Å²) in [5.41, 5.74) is 3.94. The number of furan rings is 1. The number of nitrogens with zero attached hydrogens (tertiary/aromatic N) is 1. The van der Waals surface area contributed by atoms with Crippen LogP contribution < -0.4 is 10.4 Å². The van der Waals surface area contributed by atoms with Crippen LogP contribution in [0.4, 0.5) is 5.69 Å². The number of benzene rings is 1. The first-order valence-electron chi connectivity index (χ1n) is 6.65. The minimum atomic E-state index is -0.476. The van der Waals surface area contributed by atoms with E-state index in [1.807, 2.05) is 6.92 Å². The van der Waals surface area contributed by atoms with Crippen molar-refractivity contribution in [3.63, 3.8) is 0 Å². The molecule has 1 saturated heterocycles. The number of aryl methyl sites for hydroxylation is 2. The van der Waals surface area contributed by atoms with Gasteiger partial charge in [0.25, 0.3) is 11.8 Å². The molecule has 1 aliphatic rings. The number of rotatable bonds is 2. The molecule has 0 saturated carbocycles. The van der Waals surface area contributed by atoms with Gasteiger partial charge >= 0.3 is 0 Å². The zero-order chi connectivity index (χ0) is 15.9. The Hall–Kier alpha value is -2.53. The van der Waals surface area contributed by atoms with Gasteiger partial charge in [-0.2, -0.15) is 0 Å². The third-order valence-electron chi connectivity index (χ3n) is 3.35. The summed E-state index contributed by atoms with van der Waals surface area (Å²) in [6, 6.07) is 8.61. The van der Waals surface area contributed by atoms with Crippen molar-refractivity contribution in [2.24, 2.45) is 0 Å². The van der Waals surface area contributed by atoms with Crippen molar-refractivity contribution in [2.45, 2.75) is 13.8 Å². The van der Waals surface area contributed by atoms with Crippen molar-refractivity contribution >= 4 is 35.2 Å². The molecule has 1 aliphatic heterocycles. The van der Waals surface area contributed by atoms with Gasteiger partial charge in [0.05, 0.1) is 5.69 Å². The van der Waals surface area contributed by atoms with E-state index in [9.17, 15) is 9.59 Å². The van der Waals surface area contributed by atoms with E-state index in [1.54, 1.807) is 37.3 Å². The summed E-state index contributed by atoms with van der Waals surface area (Å²) in [5, 5.41) is 1.70. The molecule has 0 atom stereocenters. The topological polar surface area (TPSA) is 62.6 Å². The van der Waals surface area contributed by atoms with E-state index in [0.29, 0.717) is 22.2 Å². The lowest BCUT2D eigenvalue weighted by atomic mass is 10.2. The summed E-state index contributed by atoms with van der Waals surface area (Å²) in [6.45, 7) is 3.65. The highest BCUT2D eigenvalue weighted by Crippen LogP contribution is 2.26. The van der Waals surface area contributed by atoms with Crippen molar-refractivity contribution in [2.75, 3.05) is 5.01 Å². The highest BCUT2D eigenvalue weighted by Gasteiger charge is 2.34. The van der Waals surface area contributed by atoms with Crippen LogP contribution in [0.5, 0.6) is 0 Å². The normalized spacial score (nSPS) is 16.5. The van der Waals surface area contributed by atoms with E-state index in [0.717, 1.165) is 5.56 Å². The Labute approximate surface area is 132 Å². The van der Waals surface area contributed by atoms with Crippen molar-refractivity contribution in [1.82, 2.24) is 5.43 Å². The molecule has 0 spiro atoms. The standard InChI is InChI=1S/C16H13ClN2O3/c1-9-3-5-11(7-14(9)17)19-16(21)13(15(20)18-19)8-12-6-4-10(2)22-12/h3-8H,1-2H3,(H,18,20). The number of hydrogen-bond acceptors (Lipinski definition) is 3. The number of carbonyl (C=O) groups is 2. The number of nitrogens with one attached hydrogen (secondary N) is 1. The molecular weight excluding hydrogens is 304 g/mol. The largest absolute Gasteiger partial charge is 0.462 e. The maximum atomic E-state index is 12.4. The molecular formula is C16H13ClN2O3. The van der Waals surface area contributed by atoms with E-state index < -0.39 is 11.8 Å². The third-order valence-corrected chi connectivity index (χ3v) is 3.76. The summed E-state index contributed by atoms with van der Waals surface area (Å²) in [4.78, 5) is 24.4. The van der Waals surface area contributed by atoms with Crippen LogP contribution in [0, 0.1) is 13.8 Å². The van der Waals surface area contributed by atoms with Gasteiger partial charge in [-0.3, -0.25) is 15.0 Å². The van der Waals surface area contributed by atoms with Gasteiger partial charge < -0.3 is 4.42 Å². The summed E-state index contributed by atoms with van der Waals surface area (Å²) in [6.07, 6.45) is 1.43. The van der Waals surface area contributed by atoms with E-state index >= 15 is 0 Å².